The van der Waals surface area contributed by atoms with Crippen LogP contribution in [0.2, 0.25) is 0 Å². The summed E-state index contributed by atoms with van der Waals surface area (Å²) >= 11 is 0. The number of aromatic nitrogens is 2. The summed E-state index contributed by atoms with van der Waals surface area (Å²) in [5, 5.41) is 14.0. The molecule has 1 aliphatic heterocycles. The molecule has 0 amide bonds. The second-order valence-corrected chi connectivity index (χ2v) is 5.10. The average Bonchev–Trinajstić information content (AvgIpc) is 2.95. The molecule has 1 saturated carbocycles. The molecule has 3 rings (SSSR count). The van der Waals surface area contributed by atoms with Crippen LogP contribution in [0.4, 0.5) is 0 Å². The van der Waals surface area contributed by atoms with Crippen molar-refractivity contribution >= 4 is 0 Å². The largest absolute Gasteiger partial charge is 0.393 e. The fourth-order valence-corrected chi connectivity index (χ4v) is 3.19. The number of fused-ring (bicyclic) bond motifs is 1. The second-order valence-electron chi connectivity index (χ2n) is 5.10. The zero-order valence-electron chi connectivity index (χ0n) is 9.50. The number of nitrogens with zero attached hydrogens (tertiary/aromatic N) is 3. The van der Waals surface area contributed by atoms with Crippen LogP contribution in [-0.2, 0) is 6.54 Å². The first-order valence-electron chi connectivity index (χ1n) is 6.21. The second kappa shape index (κ2) is 4.18. The summed E-state index contributed by atoms with van der Waals surface area (Å²) in [5.41, 5.74) is 0. The zero-order chi connectivity index (χ0) is 11.0. The fraction of sp³-hybridized carbons (Fsp3) is 0.750. The Morgan fingerprint density at radius 3 is 2.94 bits per heavy atom. The topological polar surface area (TPSA) is 41.3 Å². The van der Waals surface area contributed by atoms with Crippen molar-refractivity contribution < 1.29 is 5.11 Å². The van der Waals surface area contributed by atoms with Gasteiger partial charge in [-0.15, -0.1) is 0 Å². The summed E-state index contributed by atoms with van der Waals surface area (Å²) < 4.78 is 1.98. The Balaban J connectivity index is 1.51. The summed E-state index contributed by atoms with van der Waals surface area (Å²) in [4.78, 5) is 2.47. The molecule has 1 N–H and O–H groups in total. The van der Waals surface area contributed by atoms with E-state index in [1.165, 1.54) is 13.0 Å². The number of hydrogen-bond donors (Lipinski definition) is 1. The van der Waals surface area contributed by atoms with Gasteiger partial charge in [-0.1, -0.05) is 0 Å². The normalized spacial score (nSPS) is 34.4. The smallest absolute Gasteiger partial charge is 0.0583 e. The van der Waals surface area contributed by atoms with Gasteiger partial charge in [0.2, 0.25) is 0 Å². The Labute approximate surface area is 95.9 Å². The molecule has 88 valence electrons. The Hall–Kier alpha value is -0.870. The molecule has 1 aromatic rings. The predicted octanol–water partition coefficient (Wildman–Crippen LogP) is 0.586. The van der Waals surface area contributed by atoms with E-state index in [-0.39, 0.29) is 6.10 Å². The highest BCUT2D eigenvalue weighted by Crippen LogP contribution is 2.37. The fourth-order valence-electron chi connectivity index (χ4n) is 3.19. The van der Waals surface area contributed by atoms with Crippen molar-refractivity contribution in [1.82, 2.24) is 14.7 Å². The van der Waals surface area contributed by atoms with E-state index in [9.17, 15) is 5.11 Å². The lowest BCUT2D eigenvalue weighted by Crippen LogP contribution is -2.28. The Bertz CT molecular complexity index is 338. The molecule has 0 spiro atoms. The van der Waals surface area contributed by atoms with Gasteiger partial charge in [0.15, 0.2) is 0 Å². The van der Waals surface area contributed by atoms with Crippen molar-refractivity contribution in [3.63, 3.8) is 0 Å². The molecule has 3 atom stereocenters. The molecule has 1 aliphatic carbocycles. The molecule has 16 heavy (non-hydrogen) atoms. The molecule has 2 aliphatic rings. The zero-order valence-corrected chi connectivity index (χ0v) is 9.50. The van der Waals surface area contributed by atoms with Crippen LogP contribution in [0.1, 0.15) is 12.8 Å². The maximum absolute atomic E-state index is 9.83. The van der Waals surface area contributed by atoms with E-state index < -0.39 is 0 Å². The molecule has 4 heteroatoms. The van der Waals surface area contributed by atoms with Crippen LogP contribution in [0, 0.1) is 11.8 Å². The molecular formula is C12H19N3O. The van der Waals surface area contributed by atoms with Gasteiger partial charge in [-0.05, 0) is 24.8 Å². The van der Waals surface area contributed by atoms with Gasteiger partial charge in [0.1, 0.15) is 0 Å². The first-order chi connectivity index (χ1) is 7.83. The molecule has 0 bridgehead atoms. The lowest BCUT2D eigenvalue weighted by Gasteiger charge is -2.17. The van der Waals surface area contributed by atoms with Gasteiger partial charge in [0.25, 0.3) is 0 Å². The number of rotatable bonds is 3. The van der Waals surface area contributed by atoms with Crippen LogP contribution < -0.4 is 0 Å². The van der Waals surface area contributed by atoms with Crippen molar-refractivity contribution in [2.45, 2.75) is 25.5 Å². The van der Waals surface area contributed by atoms with Crippen molar-refractivity contribution in [3.05, 3.63) is 18.5 Å². The maximum Gasteiger partial charge on any atom is 0.0583 e. The highest BCUT2D eigenvalue weighted by molar-refractivity contribution is 4.93. The van der Waals surface area contributed by atoms with E-state index in [1.807, 2.05) is 23.1 Å². The minimum atomic E-state index is -0.0419. The van der Waals surface area contributed by atoms with Crippen LogP contribution >= 0.6 is 0 Å². The van der Waals surface area contributed by atoms with E-state index in [4.69, 9.17) is 0 Å². The van der Waals surface area contributed by atoms with Gasteiger partial charge in [0.05, 0.1) is 12.6 Å². The monoisotopic (exact) mass is 221 g/mol. The van der Waals surface area contributed by atoms with E-state index in [0.29, 0.717) is 5.92 Å². The Kier molecular flexibility index (Phi) is 2.69. The van der Waals surface area contributed by atoms with Crippen molar-refractivity contribution in [2.24, 2.45) is 11.8 Å². The van der Waals surface area contributed by atoms with E-state index in [1.54, 1.807) is 0 Å². The summed E-state index contributed by atoms with van der Waals surface area (Å²) in [6.07, 6.45) is 6.01. The molecule has 2 fully saturated rings. The van der Waals surface area contributed by atoms with Crippen LogP contribution in [0.15, 0.2) is 18.5 Å². The quantitative estimate of drug-likeness (QED) is 0.812. The molecule has 1 aromatic heterocycles. The maximum atomic E-state index is 9.83. The number of aliphatic hydroxyl groups is 1. The molecule has 1 saturated heterocycles. The van der Waals surface area contributed by atoms with Crippen molar-refractivity contribution in [2.75, 3.05) is 19.6 Å². The van der Waals surface area contributed by atoms with E-state index in [0.717, 1.165) is 32.0 Å². The first kappa shape index (κ1) is 10.3. The number of aliphatic hydroxyl groups excluding tert-OH is 1. The summed E-state index contributed by atoms with van der Waals surface area (Å²) in [6, 6.07) is 1.96. The van der Waals surface area contributed by atoms with Crippen molar-refractivity contribution in [3.8, 4) is 0 Å². The van der Waals surface area contributed by atoms with Crippen LogP contribution in [0.5, 0.6) is 0 Å². The number of hydrogen-bond acceptors (Lipinski definition) is 3. The average molecular weight is 221 g/mol. The lowest BCUT2D eigenvalue weighted by molar-refractivity contribution is 0.124. The molecule has 0 radical (unpaired) electrons. The first-order valence-corrected chi connectivity index (χ1v) is 6.21. The molecule has 2 heterocycles. The summed E-state index contributed by atoms with van der Waals surface area (Å²) in [7, 11) is 0. The van der Waals surface area contributed by atoms with Gasteiger partial charge >= 0.3 is 0 Å². The highest BCUT2D eigenvalue weighted by atomic mass is 16.3. The summed E-state index contributed by atoms with van der Waals surface area (Å²) in [5.74, 6) is 1.28. The van der Waals surface area contributed by atoms with Crippen LogP contribution in [-0.4, -0.2) is 45.5 Å². The minimum Gasteiger partial charge on any atom is -0.393 e. The van der Waals surface area contributed by atoms with Gasteiger partial charge < -0.3 is 10.0 Å². The molecule has 0 aromatic carbocycles. The minimum absolute atomic E-state index is 0.0419. The SMILES string of the molecule is OC1CCC2CN(CCn3cccn3)CC12. The number of likely N-dealkylation sites (tertiary alicyclic amines) is 1. The third-order valence-corrected chi connectivity index (χ3v) is 4.10. The Morgan fingerprint density at radius 1 is 1.25 bits per heavy atom. The van der Waals surface area contributed by atoms with Crippen LogP contribution in [0.3, 0.4) is 0 Å². The van der Waals surface area contributed by atoms with E-state index >= 15 is 0 Å². The molecular weight excluding hydrogens is 202 g/mol. The van der Waals surface area contributed by atoms with Gasteiger partial charge in [0, 0.05) is 37.9 Å². The van der Waals surface area contributed by atoms with Gasteiger partial charge in [-0.2, -0.15) is 5.10 Å². The molecule has 4 nitrogen and oxygen atoms in total. The lowest BCUT2D eigenvalue weighted by atomic mass is 10.00. The molecule has 3 unspecified atom stereocenters. The van der Waals surface area contributed by atoms with Gasteiger partial charge in [-0.3, -0.25) is 4.68 Å². The standard InChI is InChI=1S/C12H19N3O/c16-12-3-2-10-8-14(9-11(10)12)6-7-15-5-1-4-13-15/h1,4-5,10-12,16H,2-3,6-9H2. The van der Waals surface area contributed by atoms with Gasteiger partial charge in [-0.25, -0.2) is 0 Å². The summed E-state index contributed by atoms with van der Waals surface area (Å²) in [6.45, 7) is 4.26. The van der Waals surface area contributed by atoms with E-state index in [2.05, 4.69) is 10.00 Å². The third-order valence-electron chi connectivity index (χ3n) is 4.10. The highest BCUT2D eigenvalue weighted by Gasteiger charge is 2.41. The Morgan fingerprint density at radius 2 is 2.19 bits per heavy atom. The third kappa shape index (κ3) is 1.87. The van der Waals surface area contributed by atoms with Crippen LogP contribution in [0.25, 0.3) is 0 Å². The van der Waals surface area contributed by atoms with Crippen molar-refractivity contribution in [1.29, 1.82) is 0 Å². The predicted molar refractivity (Wildman–Crippen MR) is 60.9 cm³/mol.